The normalized spacial score (nSPS) is 11.4. The highest BCUT2D eigenvalue weighted by atomic mass is 19.1. The molecule has 25 heavy (non-hydrogen) atoms. The Morgan fingerprint density at radius 3 is 2.64 bits per heavy atom. The molecule has 4 heteroatoms. The van der Waals surface area contributed by atoms with Crippen molar-refractivity contribution in [3.8, 4) is 11.9 Å². The van der Waals surface area contributed by atoms with Crippen LogP contribution in [0.5, 0.6) is 0 Å². The number of hydrogen-bond donors (Lipinski definition) is 0. The molecule has 0 radical (unpaired) electrons. The minimum atomic E-state index is -0.354. The second kappa shape index (κ2) is 6.74. The van der Waals surface area contributed by atoms with Gasteiger partial charge in [-0.25, -0.2) is 9.37 Å². The summed E-state index contributed by atoms with van der Waals surface area (Å²) in [6.07, 6.45) is 3.58. The molecule has 0 atom stereocenters. The summed E-state index contributed by atoms with van der Waals surface area (Å²) in [5.74, 6) is 0.493. The van der Waals surface area contributed by atoms with Crippen molar-refractivity contribution in [2.45, 2.75) is 20.8 Å². The highest BCUT2D eigenvalue weighted by molar-refractivity contribution is 5.90. The highest BCUT2D eigenvalue weighted by Gasteiger charge is 2.12. The van der Waals surface area contributed by atoms with Crippen molar-refractivity contribution in [2.75, 3.05) is 0 Å². The van der Waals surface area contributed by atoms with Crippen LogP contribution in [0.2, 0.25) is 0 Å². The Hall–Kier alpha value is -3.19. The molecule has 0 bridgehead atoms. The van der Waals surface area contributed by atoms with Crippen molar-refractivity contribution in [1.29, 1.82) is 5.26 Å². The topological polar surface area (TPSA) is 41.6 Å². The van der Waals surface area contributed by atoms with E-state index in [9.17, 15) is 9.65 Å². The summed E-state index contributed by atoms with van der Waals surface area (Å²) < 4.78 is 15.5. The monoisotopic (exact) mass is 331 g/mol. The smallest absolute Gasteiger partial charge is 0.137 e. The van der Waals surface area contributed by atoms with Crippen molar-refractivity contribution in [2.24, 2.45) is 0 Å². The molecule has 0 aliphatic carbocycles. The number of benzene rings is 1. The number of rotatable bonds is 3. The van der Waals surface area contributed by atoms with E-state index in [1.165, 1.54) is 12.1 Å². The molecule has 3 nitrogen and oxygen atoms in total. The zero-order chi connectivity index (χ0) is 18.0. The van der Waals surface area contributed by atoms with Crippen molar-refractivity contribution in [1.82, 2.24) is 9.55 Å². The lowest BCUT2D eigenvalue weighted by atomic mass is 10.0. The van der Waals surface area contributed by atoms with E-state index in [-0.39, 0.29) is 5.82 Å². The SMILES string of the molecule is Cc1ccnc(-n2c(C)cc(/C=C(/C#N)c3cccc(F)c3)c2C)c1. The van der Waals surface area contributed by atoms with Crippen LogP contribution in [-0.4, -0.2) is 9.55 Å². The fourth-order valence-electron chi connectivity index (χ4n) is 2.92. The maximum atomic E-state index is 13.5. The van der Waals surface area contributed by atoms with Crippen LogP contribution in [0.4, 0.5) is 4.39 Å². The van der Waals surface area contributed by atoms with Gasteiger partial charge in [0.15, 0.2) is 0 Å². The van der Waals surface area contributed by atoms with Crippen LogP contribution in [0.15, 0.2) is 48.7 Å². The van der Waals surface area contributed by atoms with Crippen LogP contribution in [0, 0.1) is 37.9 Å². The maximum Gasteiger partial charge on any atom is 0.137 e. The molecular weight excluding hydrogens is 313 g/mol. The van der Waals surface area contributed by atoms with Gasteiger partial charge in [-0.15, -0.1) is 0 Å². The van der Waals surface area contributed by atoms with Gasteiger partial charge in [-0.2, -0.15) is 5.26 Å². The van der Waals surface area contributed by atoms with Gasteiger partial charge in [-0.3, -0.25) is 0 Å². The zero-order valence-electron chi connectivity index (χ0n) is 14.4. The molecule has 0 aliphatic rings. The molecule has 0 saturated carbocycles. The summed E-state index contributed by atoms with van der Waals surface area (Å²) >= 11 is 0. The number of hydrogen-bond acceptors (Lipinski definition) is 2. The number of nitriles is 1. The number of aryl methyl sites for hydroxylation is 2. The van der Waals surface area contributed by atoms with Gasteiger partial charge >= 0.3 is 0 Å². The second-order valence-corrected chi connectivity index (χ2v) is 6.03. The number of allylic oxidation sites excluding steroid dienone is 1. The van der Waals surface area contributed by atoms with Gasteiger partial charge in [0.25, 0.3) is 0 Å². The van der Waals surface area contributed by atoms with E-state index in [0.29, 0.717) is 11.1 Å². The Bertz CT molecular complexity index is 1010. The predicted molar refractivity (Wildman–Crippen MR) is 97.7 cm³/mol. The van der Waals surface area contributed by atoms with Crippen LogP contribution < -0.4 is 0 Å². The van der Waals surface area contributed by atoms with Gasteiger partial charge in [-0.1, -0.05) is 12.1 Å². The Labute approximate surface area is 146 Å². The van der Waals surface area contributed by atoms with Crippen molar-refractivity contribution < 1.29 is 4.39 Å². The second-order valence-electron chi connectivity index (χ2n) is 6.03. The molecule has 3 aromatic rings. The molecule has 0 saturated heterocycles. The molecule has 2 heterocycles. The number of nitrogens with zero attached hydrogens (tertiary/aromatic N) is 3. The van der Waals surface area contributed by atoms with Crippen LogP contribution in [-0.2, 0) is 0 Å². The lowest BCUT2D eigenvalue weighted by Gasteiger charge is -2.09. The van der Waals surface area contributed by atoms with Crippen molar-refractivity contribution >= 4 is 11.6 Å². The lowest BCUT2D eigenvalue weighted by molar-refractivity contribution is 0.627. The summed E-state index contributed by atoms with van der Waals surface area (Å²) in [4.78, 5) is 4.44. The molecular formula is C21H18FN3. The minimum absolute atomic E-state index is 0.354. The van der Waals surface area contributed by atoms with Gasteiger partial charge in [0.1, 0.15) is 11.6 Å². The molecule has 0 spiro atoms. The fraction of sp³-hybridized carbons (Fsp3) is 0.143. The molecule has 0 unspecified atom stereocenters. The molecule has 124 valence electrons. The summed E-state index contributed by atoms with van der Waals surface area (Å²) in [6, 6.07) is 14.2. The van der Waals surface area contributed by atoms with Crippen molar-refractivity contribution in [3.63, 3.8) is 0 Å². The van der Waals surface area contributed by atoms with E-state index < -0.39 is 0 Å². The van der Waals surface area contributed by atoms with E-state index >= 15 is 0 Å². The molecule has 0 aliphatic heterocycles. The first-order valence-corrected chi connectivity index (χ1v) is 7.99. The molecule has 2 aromatic heterocycles. The summed E-state index contributed by atoms with van der Waals surface area (Å²) in [7, 11) is 0. The first-order valence-electron chi connectivity index (χ1n) is 7.99. The van der Waals surface area contributed by atoms with Crippen molar-refractivity contribution in [3.05, 3.63) is 82.6 Å². The lowest BCUT2D eigenvalue weighted by Crippen LogP contribution is -2.01. The van der Waals surface area contributed by atoms with Gasteiger partial charge in [0.2, 0.25) is 0 Å². The maximum absolute atomic E-state index is 13.5. The number of aromatic nitrogens is 2. The third-order valence-corrected chi connectivity index (χ3v) is 4.16. The summed E-state index contributed by atoms with van der Waals surface area (Å²) in [5, 5.41) is 9.49. The first kappa shape index (κ1) is 16.7. The Morgan fingerprint density at radius 2 is 1.96 bits per heavy atom. The average Bonchev–Trinajstić information content (AvgIpc) is 2.86. The quantitative estimate of drug-likeness (QED) is 0.634. The minimum Gasteiger partial charge on any atom is -0.303 e. The first-order chi connectivity index (χ1) is 12.0. The van der Waals surface area contributed by atoms with Gasteiger partial charge < -0.3 is 4.57 Å². The highest BCUT2D eigenvalue weighted by Crippen LogP contribution is 2.25. The number of halogens is 1. The van der Waals surface area contributed by atoms with Crippen LogP contribution in [0.1, 0.15) is 28.1 Å². The Balaban J connectivity index is 2.10. The molecule has 0 fully saturated rings. The third kappa shape index (κ3) is 3.36. The van der Waals surface area contributed by atoms with E-state index in [1.807, 2.05) is 39.0 Å². The van der Waals surface area contributed by atoms with E-state index in [4.69, 9.17) is 0 Å². The standard InChI is InChI=1S/C21H18FN3/c1-14-7-8-24-21(9-14)25-15(2)10-18(16(25)3)11-19(13-23)17-5-4-6-20(22)12-17/h4-12H,1-3H3/b19-11-. The molecule has 0 N–H and O–H groups in total. The van der Waals surface area contributed by atoms with Crippen LogP contribution >= 0.6 is 0 Å². The Kier molecular flexibility index (Phi) is 4.49. The largest absolute Gasteiger partial charge is 0.303 e. The van der Waals surface area contributed by atoms with E-state index in [0.717, 1.165) is 28.3 Å². The van der Waals surface area contributed by atoms with E-state index in [1.54, 1.807) is 24.4 Å². The van der Waals surface area contributed by atoms with Crippen LogP contribution in [0.3, 0.4) is 0 Å². The predicted octanol–water partition coefficient (Wildman–Crippen LogP) is 5.00. The Morgan fingerprint density at radius 1 is 1.16 bits per heavy atom. The summed E-state index contributed by atoms with van der Waals surface area (Å²) in [6.45, 7) is 6.02. The van der Waals surface area contributed by atoms with Gasteiger partial charge in [-0.05, 0) is 73.9 Å². The van der Waals surface area contributed by atoms with Gasteiger partial charge in [0.05, 0.1) is 11.6 Å². The molecule has 0 amide bonds. The average molecular weight is 331 g/mol. The third-order valence-electron chi connectivity index (χ3n) is 4.16. The van der Waals surface area contributed by atoms with Gasteiger partial charge in [0, 0.05) is 17.6 Å². The van der Waals surface area contributed by atoms with Crippen LogP contribution in [0.25, 0.3) is 17.5 Å². The molecule has 1 aromatic carbocycles. The molecule has 3 rings (SSSR count). The van der Waals surface area contributed by atoms with E-state index in [2.05, 4.69) is 15.6 Å². The summed E-state index contributed by atoms with van der Waals surface area (Å²) in [5.41, 5.74) is 5.06. The zero-order valence-corrected chi connectivity index (χ0v) is 14.4. The number of pyridine rings is 1. The fourth-order valence-corrected chi connectivity index (χ4v) is 2.92.